The van der Waals surface area contributed by atoms with E-state index in [0.717, 1.165) is 4.90 Å². The van der Waals surface area contributed by atoms with Crippen LogP contribution >= 0.6 is 0 Å². The van der Waals surface area contributed by atoms with Crippen molar-refractivity contribution in [3.05, 3.63) is 0 Å². The molecule has 16 heteroatoms. The Balaban J connectivity index is 2.13. The first-order valence-corrected chi connectivity index (χ1v) is 17.4. The first-order chi connectivity index (χ1) is 23.6. The summed E-state index contributed by atoms with van der Waals surface area (Å²) >= 11 is 0. The largest absolute Gasteiger partial charge is 0.379 e. The Labute approximate surface area is 295 Å². The summed E-state index contributed by atoms with van der Waals surface area (Å²) in [6.45, 7) is 12.2. The lowest BCUT2D eigenvalue weighted by molar-refractivity contribution is -0.138. The van der Waals surface area contributed by atoms with Crippen LogP contribution in [0, 0.1) is 17.3 Å². The van der Waals surface area contributed by atoms with Crippen molar-refractivity contribution in [1.82, 2.24) is 20.9 Å². The van der Waals surface area contributed by atoms with Gasteiger partial charge in [0.2, 0.25) is 23.6 Å². The molecule has 0 aromatic carbocycles. The molecule has 0 aromatic rings. The van der Waals surface area contributed by atoms with Crippen molar-refractivity contribution < 1.29 is 52.5 Å². The van der Waals surface area contributed by atoms with Crippen LogP contribution in [0.3, 0.4) is 0 Å². The fraction of sp³-hybridized carbons (Fsp3) is 0.794. The zero-order valence-electron chi connectivity index (χ0n) is 30.5. The minimum absolute atomic E-state index is 0.00376. The number of hydrogen-bond donors (Lipinski definition) is 4. The molecule has 0 saturated carbocycles. The van der Waals surface area contributed by atoms with Crippen molar-refractivity contribution in [3.8, 4) is 0 Å². The van der Waals surface area contributed by atoms with Gasteiger partial charge < -0.3 is 40.6 Å². The number of amides is 6. The van der Waals surface area contributed by atoms with Crippen LogP contribution in [0.1, 0.15) is 79.6 Å². The van der Waals surface area contributed by atoms with Gasteiger partial charge in [-0.25, -0.2) is 4.79 Å². The number of hydrogen-bond acceptors (Lipinski definition) is 11. The van der Waals surface area contributed by atoms with Gasteiger partial charge in [0.05, 0.1) is 58.9 Å². The van der Waals surface area contributed by atoms with Crippen LogP contribution in [-0.4, -0.2) is 125 Å². The molecule has 0 unspecified atom stereocenters. The molecule has 16 nitrogen and oxygen atoms in total. The molecule has 5 N–H and O–H groups in total. The molecule has 0 radical (unpaired) electrons. The van der Waals surface area contributed by atoms with Gasteiger partial charge in [0.1, 0.15) is 5.78 Å². The third-order valence-corrected chi connectivity index (χ3v) is 7.79. The fourth-order valence-corrected chi connectivity index (χ4v) is 5.10. The Morgan fingerprint density at radius 1 is 0.760 bits per heavy atom. The standard InChI is InChI=1S/C34H59N5O11/c1-24(2)31(26(40)23-25(32(45)34(3,4)5)7-6-12-37-33(35)46)38-28(42)11-15-47-17-19-49-21-22-50-20-18-48-16-13-36-27(41)10-14-39-29(43)8-9-30(39)44/h24-25,31H,6-23H2,1-5H3,(H,36,41)(H,38,42)(H3,35,37,46)/t25-,31+/m1/s1. The number of likely N-dealkylation sites (tertiary alicyclic amines) is 1. The van der Waals surface area contributed by atoms with E-state index in [1.807, 2.05) is 13.8 Å². The molecular weight excluding hydrogens is 654 g/mol. The van der Waals surface area contributed by atoms with Crippen LogP contribution < -0.4 is 21.7 Å². The SMILES string of the molecule is CC(C)[C@H](NC(=O)CCOCCOCCOCCOCCNC(=O)CCN1C(=O)CCC1=O)C(=O)C[C@@H](CCCNC(N)=O)C(=O)C(C)(C)C. The van der Waals surface area contributed by atoms with Crippen molar-refractivity contribution in [1.29, 1.82) is 0 Å². The van der Waals surface area contributed by atoms with Crippen molar-refractivity contribution in [2.45, 2.75) is 85.6 Å². The highest BCUT2D eigenvalue weighted by Gasteiger charge is 2.34. The maximum atomic E-state index is 13.2. The second-order valence-electron chi connectivity index (χ2n) is 13.4. The molecule has 286 valence electrons. The summed E-state index contributed by atoms with van der Waals surface area (Å²) in [5, 5.41) is 7.98. The number of nitrogens with zero attached hydrogens (tertiary/aromatic N) is 1. The number of nitrogens with two attached hydrogens (primary N) is 1. The molecule has 1 aliphatic heterocycles. The van der Waals surface area contributed by atoms with Gasteiger partial charge >= 0.3 is 6.03 Å². The highest BCUT2D eigenvalue weighted by Crippen LogP contribution is 2.26. The van der Waals surface area contributed by atoms with Crippen LogP contribution in [-0.2, 0) is 47.7 Å². The second-order valence-corrected chi connectivity index (χ2v) is 13.4. The fourth-order valence-electron chi connectivity index (χ4n) is 5.10. The number of carbonyl (C=O) groups is 7. The molecule has 2 atom stereocenters. The molecule has 1 saturated heterocycles. The molecule has 50 heavy (non-hydrogen) atoms. The van der Waals surface area contributed by atoms with Crippen molar-refractivity contribution in [2.24, 2.45) is 23.0 Å². The lowest BCUT2D eigenvalue weighted by atomic mass is 9.78. The summed E-state index contributed by atoms with van der Waals surface area (Å²) in [7, 11) is 0. The highest BCUT2D eigenvalue weighted by atomic mass is 16.6. The molecule has 6 amide bonds. The van der Waals surface area contributed by atoms with E-state index in [1.165, 1.54) is 0 Å². The number of primary amides is 1. The molecule has 0 spiro atoms. The van der Waals surface area contributed by atoms with Crippen molar-refractivity contribution >= 4 is 41.2 Å². The van der Waals surface area contributed by atoms with E-state index in [9.17, 15) is 33.6 Å². The van der Waals surface area contributed by atoms with Gasteiger partial charge in [0.15, 0.2) is 5.78 Å². The number of nitrogens with one attached hydrogen (secondary N) is 3. The monoisotopic (exact) mass is 713 g/mol. The molecule has 0 aromatic heterocycles. The molecule has 1 fully saturated rings. The second kappa shape index (κ2) is 24.6. The van der Waals surface area contributed by atoms with Gasteiger partial charge in [-0.15, -0.1) is 0 Å². The normalized spacial score (nSPS) is 14.5. The summed E-state index contributed by atoms with van der Waals surface area (Å²) in [5.41, 5.74) is 4.47. The van der Waals surface area contributed by atoms with E-state index in [2.05, 4.69) is 16.0 Å². The van der Waals surface area contributed by atoms with E-state index in [1.54, 1.807) is 20.8 Å². The third-order valence-electron chi connectivity index (χ3n) is 7.79. The Hall–Kier alpha value is -3.47. The van der Waals surface area contributed by atoms with Gasteiger partial charge in [0.25, 0.3) is 0 Å². The Morgan fingerprint density at radius 3 is 1.82 bits per heavy atom. The smallest absolute Gasteiger partial charge is 0.312 e. The predicted molar refractivity (Wildman–Crippen MR) is 183 cm³/mol. The quantitative estimate of drug-likeness (QED) is 0.0658. The van der Waals surface area contributed by atoms with Crippen molar-refractivity contribution in [2.75, 3.05) is 72.5 Å². The van der Waals surface area contributed by atoms with Crippen LogP contribution in [0.5, 0.6) is 0 Å². The van der Waals surface area contributed by atoms with Gasteiger partial charge in [0, 0.05) is 63.1 Å². The molecule has 1 heterocycles. The summed E-state index contributed by atoms with van der Waals surface area (Å²) in [4.78, 5) is 85.9. The lowest BCUT2D eigenvalue weighted by Gasteiger charge is -2.27. The summed E-state index contributed by atoms with van der Waals surface area (Å²) in [6.07, 6.45) is 1.45. The minimum atomic E-state index is -0.742. The van der Waals surface area contributed by atoms with Gasteiger partial charge in [-0.3, -0.25) is 33.7 Å². The van der Waals surface area contributed by atoms with Gasteiger partial charge in [-0.05, 0) is 18.8 Å². The van der Waals surface area contributed by atoms with Crippen LogP contribution in [0.4, 0.5) is 4.79 Å². The molecule has 0 aliphatic carbocycles. The Kier molecular flexibility index (Phi) is 22.0. The van der Waals surface area contributed by atoms with Gasteiger partial charge in [-0.2, -0.15) is 0 Å². The van der Waals surface area contributed by atoms with E-state index < -0.39 is 23.4 Å². The molecular formula is C34H59N5O11. The maximum absolute atomic E-state index is 13.2. The van der Waals surface area contributed by atoms with Crippen LogP contribution in [0.25, 0.3) is 0 Å². The third kappa shape index (κ3) is 19.6. The number of carbonyl (C=O) groups excluding carboxylic acids is 7. The molecule has 1 aliphatic rings. The summed E-state index contributed by atoms with van der Waals surface area (Å²) in [5.74, 6) is -2.03. The zero-order valence-corrected chi connectivity index (χ0v) is 30.5. The van der Waals surface area contributed by atoms with E-state index in [4.69, 9.17) is 24.7 Å². The lowest BCUT2D eigenvalue weighted by Crippen LogP contribution is -2.46. The average Bonchev–Trinajstić information content (AvgIpc) is 3.36. The highest BCUT2D eigenvalue weighted by molar-refractivity contribution is 6.02. The van der Waals surface area contributed by atoms with Crippen LogP contribution in [0.2, 0.25) is 0 Å². The van der Waals surface area contributed by atoms with Gasteiger partial charge in [-0.1, -0.05) is 34.6 Å². The number of Topliss-reactive ketones (excluding diaryl/α,β-unsaturated/α-hetero) is 2. The summed E-state index contributed by atoms with van der Waals surface area (Å²) in [6, 6.07) is -1.39. The number of imide groups is 1. The predicted octanol–water partition coefficient (Wildman–Crippen LogP) is 0.878. The van der Waals surface area contributed by atoms with Crippen molar-refractivity contribution in [3.63, 3.8) is 0 Å². The van der Waals surface area contributed by atoms with Crippen LogP contribution in [0.15, 0.2) is 0 Å². The van der Waals surface area contributed by atoms with E-state index in [0.29, 0.717) is 65.6 Å². The minimum Gasteiger partial charge on any atom is -0.379 e. The number of urea groups is 1. The average molecular weight is 714 g/mol. The molecule has 1 rings (SSSR count). The number of ether oxygens (including phenoxy) is 4. The summed E-state index contributed by atoms with van der Waals surface area (Å²) < 4.78 is 21.8. The van der Waals surface area contributed by atoms with E-state index in [-0.39, 0.29) is 93.0 Å². The first kappa shape index (κ1) is 44.6. The zero-order chi connectivity index (χ0) is 37.5. The molecule has 0 bridgehead atoms. The Morgan fingerprint density at radius 2 is 1.30 bits per heavy atom. The maximum Gasteiger partial charge on any atom is 0.312 e. The number of rotatable bonds is 28. The van der Waals surface area contributed by atoms with E-state index >= 15 is 0 Å². The first-order valence-electron chi connectivity index (χ1n) is 17.4. The topological polar surface area (TPSA) is 222 Å². The number of ketones is 2. The Bertz CT molecular complexity index is 1090.